The molecule has 1 amide bonds. The molecule has 11 nitrogen and oxygen atoms in total. The number of carboxylic acid groups (broad SMARTS) is 1. The minimum absolute atomic E-state index is 0.153. The van der Waals surface area contributed by atoms with Crippen LogP contribution in [0.3, 0.4) is 0 Å². The molecular weight excluding hydrogens is 610 g/mol. The number of hydrogen-bond donors (Lipinski definition) is 1. The Balaban J connectivity index is 1.41. The van der Waals surface area contributed by atoms with E-state index in [-0.39, 0.29) is 10.5 Å². The number of benzene rings is 1. The standard InChI is InChI=1S/C28H24BrN7O4S/c29-21-16-36(41(39,40)18-4-2-1-3-5-18)26-23(21)19(8-9-31-26)25-32-22-15-30-14-20(17-6-7-17)24(22)27(33-25)34-10-12-35(13-11-34)28(37)38/h1-5,8-9,14-17H,6-7,10-13H2,(H,37,38). The smallest absolute Gasteiger partial charge is 0.407 e. The largest absolute Gasteiger partial charge is 0.465 e. The third kappa shape index (κ3) is 4.39. The normalized spacial score (nSPS) is 16.0. The van der Waals surface area contributed by atoms with Gasteiger partial charge in [-0.05, 0) is 58.5 Å². The lowest BCUT2D eigenvalue weighted by molar-refractivity contribution is 0.142. The third-order valence-electron chi connectivity index (χ3n) is 7.63. The van der Waals surface area contributed by atoms with Crippen LogP contribution in [0.15, 0.2) is 70.6 Å². The molecule has 1 saturated carbocycles. The quantitative estimate of drug-likeness (QED) is 0.292. The van der Waals surface area contributed by atoms with Gasteiger partial charge in [0.15, 0.2) is 11.5 Å². The molecule has 5 aromatic rings. The Kier molecular flexibility index (Phi) is 6.16. The van der Waals surface area contributed by atoms with E-state index in [1.165, 1.54) is 15.1 Å². The van der Waals surface area contributed by atoms with Crippen LogP contribution >= 0.6 is 15.9 Å². The first-order chi connectivity index (χ1) is 19.8. The van der Waals surface area contributed by atoms with Crippen molar-refractivity contribution in [2.24, 2.45) is 0 Å². The molecule has 1 N–H and O–H groups in total. The molecule has 1 aromatic carbocycles. The Morgan fingerprint density at radius 2 is 1.73 bits per heavy atom. The topological polar surface area (TPSA) is 134 Å². The SMILES string of the molecule is O=C(O)N1CCN(c2nc(-c3ccnc4c3c(Br)cn4S(=O)(=O)c3ccccc3)nc3cncc(C4CC4)c23)CC1. The van der Waals surface area contributed by atoms with Crippen LogP contribution in [0, 0.1) is 0 Å². The number of pyridine rings is 2. The van der Waals surface area contributed by atoms with Crippen molar-refractivity contribution in [3.63, 3.8) is 0 Å². The van der Waals surface area contributed by atoms with Gasteiger partial charge in [-0.2, -0.15) is 0 Å². The number of amides is 1. The minimum Gasteiger partial charge on any atom is -0.465 e. The van der Waals surface area contributed by atoms with Gasteiger partial charge in [-0.1, -0.05) is 18.2 Å². The van der Waals surface area contributed by atoms with E-state index in [0.717, 1.165) is 29.6 Å². The summed E-state index contributed by atoms with van der Waals surface area (Å²) in [6, 6.07) is 9.99. The van der Waals surface area contributed by atoms with Gasteiger partial charge in [-0.25, -0.2) is 32.1 Å². The second-order valence-corrected chi connectivity index (χ2v) is 12.8. The number of fused-ring (bicyclic) bond motifs is 2. The molecule has 0 unspecified atom stereocenters. The van der Waals surface area contributed by atoms with Crippen molar-refractivity contribution in [3.05, 3.63) is 71.2 Å². The van der Waals surface area contributed by atoms with Crippen molar-refractivity contribution in [3.8, 4) is 11.4 Å². The molecule has 208 valence electrons. The number of hydrogen-bond acceptors (Lipinski definition) is 8. The van der Waals surface area contributed by atoms with Crippen LogP contribution in [-0.2, 0) is 10.0 Å². The van der Waals surface area contributed by atoms with E-state index in [1.807, 2.05) is 6.20 Å². The maximum atomic E-state index is 13.5. The zero-order valence-electron chi connectivity index (χ0n) is 21.7. The summed E-state index contributed by atoms with van der Waals surface area (Å²) in [5, 5.41) is 11.0. The summed E-state index contributed by atoms with van der Waals surface area (Å²) in [6.07, 6.45) is 7.89. The van der Waals surface area contributed by atoms with Gasteiger partial charge in [0.25, 0.3) is 10.0 Å². The van der Waals surface area contributed by atoms with Crippen LogP contribution in [-0.4, -0.2) is 74.6 Å². The summed E-state index contributed by atoms with van der Waals surface area (Å²) in [4.78, 5) is 34.1. The Morgan fingerprint density at radius 1 is 0.976 bits per heavy atom. The van der Waals surface area contributed by atoms with Crippen molar-refractivity contribution >= 4 is 59.8 Å². The Bertz CT molecular complexity index is 1940. The minimum atomic E-state index is -3.91. The van der Waals surface area contributed by atoms with E-state index in [1.54, 1.807) is 48.8 Å². The number of rotatable bonds is 5. The molecule has 4 aromatic heterocycles. The van der Waals surface area contributed by atoms with Crippen LogP contribution in [0.2, 0.25) is 0 Å². The molecule has 13 heteroatoms. The average molecular weight is 635 g/mol. The van der Waals surface area contributed by atoms with Gasteiger partial charge in [0, 0.05) is 65.6 Å². The molecule has 1 saturated heterocycles. The van der Waals surface area contributed by atoms with Gasteiger partial charge in [-0.15, -0.1) is 0 Å². The molecule has 0 radical (unpaired) electrons. The first-order valence-electron chi connectivity index (χ1n) is 13.2. The zero-order chi connectivity index (χ0) is 28.3. The fraction of sp³-hybridized carbons (Fsp3) is 0.250. The predicted octanol–water partition coefficient (Wildman–Crippen LogP) is 4.72. The molecule has 41 heavy (non-hydrogen) atoms. The summed E-state index contributed by atoms with van der Waals surface area (Å²) in [5.74, 6) is 1.54. The number of nitrogens with zero attached hydrogens (tertiary/aromatic N) is 7. The van der Waals surface area contributed by atoms with Crippen molar-refractivity contribution in [1.82, 2.24) is 28.8 Å². The van der Waals surface area contributed by atoms with Gasteiger partial charge >= 0.3 is 6.09 Å². The summed E-state index contributed by atoms with van der Waals surface area (Å²) in [5.41, 5.74) is 2.66. The van der Waals surface area contributed by atoms with Crippen molar-refractivity contribution in [2.75, 3.05) is 31.1 Å². The van der Waals surface area contributed by atoms with Crippen LogP contribution in [0.5, 0.6) is 0 Å². The number of piperazine rings is 1. The Morgan fingerprint density at radius 3 is 2.44 bits per heavy atom. The van der Waals surface area contributed by atoms with E-state index >= 15 is 0 Å². The molecule has 7 rings (SSSR count). The van der Waals surface area contributed by atoms with Gasteiger partial charge < -0.3 is 14.9 Å². The molecule has 1 aliphatic carbocycles. The maximum absolute atomic E-state index is 13.5. The maximum Gasteiger partial charge on any atom is 0.407 e. The summed E-state index contributed by atoms with van der Waals surface area (Å²) >= 11 is 3.57. The van der Waals surface area contributed by atoms with E-state index in [9.17, 15) is 18.3 Å². The Labute approximate surface area is 243 Å². The number of carbonyl (C=O) groups is 1. The third-order valence-corrected chi connectivity index (χ3v) is 9.90. The van der Waals surface area contributed by atoms with Crippen LogP contribution in [0.4, 0.5) is 10.6 Å². The molecule has 0 bridgehead atoms. The highest BCUT2D eigenvalue weighted by molar-refractivity contribution is 9.10. The number of halogens is 1. The Hall–Kier alpha value is -4.10. The van der Waals surface area contributed by atoms with Gasteiger partial charge in [0.2, 0.25) is 0 Å². The van der Waals surface area contributed by atoms with Crippen LogP contribution < -0.4 is 4.90 Å². The lowest BCUT2D eigenvalue weighted by Crippen LogP contribution is -2.48. The highest BCUT2D eigenvalue weighted by Gasteiger charge is 2.31. The van der Waals surface area contributed by atoms with Crippen molar-refractivity contribution in [2.45, 2.75) is 23.7 Å². The van der Waals surface area contributed by atoms with Gasteiger partial charge in [-0.3, -0.25) is 4.98 Å². The predicted molar refractivity (Wildman–Crippen MR) is 157 cm³/mol. The van der Waals surface area contributed by atoms with Crippen molar-refractivity contribution in [1.29, 1.82) is 0 Å². The fourth-order valence-electron chi connectivity index (χ4n) is 5.41. The highest BCUT2D eigenvalue weighted by atomic mass is 79.9. The van der Waals surface area contributed by atoms with E-state index in [0.29, 0.717) is 58.9 Å². The lowest BCUT2D eigenvalue weighted by Gasteiger charge is -2.34. The summed E-state index contributed by atoms with van der Waals surface area (Å²) < 4.78 is 28.8. The van der Waals surface area contributed by atoms with E-state index in [2.05, 4.69) is 30.8 Å². The first kappa shape index (κ1) is 25.8. The molecule has 0 atom stereocenters. The van der Waals surface area contributed by atoms with Gasteiger partial charge in [0.1, 0.15) is 5.82 Å². The number of anilines is 1. The van der Waals surface area contributed by atoms with Gasteiger partial charge in [0.05, 0.1) is 16.6 Å². The average Bonchev–Trinajstić information content (AvgIpc) is 3.79. The van der Waals surface area contributed by atoms with Crippen LogP contribution in [0.25, 0.3) is 33.3 Å². The highest BCUT2D eigenvalue weighted by Crippen LogP contribution is 2.45. The van der Waals surface area contributed by atoms with E-state index < -0.39 is 16.1 Å². The van der Waals surface area contributed by atoms with Crippen molar-refractivity contribution < 1.29 is 18.3 Å². The van der Waals surface area contributed by atoms with E-state index in [4.69, 9.17) is 9.97 Å². The van der Waals surface area contributed by atoms with Crippen LogP contribution in [0.1, 0.15) is 24.3 Å². The molecule has 2 fully saturated rings. The molecule has 5 heterocycles. The summed E-state index contributed by atoms with van der Waals surface area (Å²) in [6.45, 7) is 1.72. The lowest BCUT2D eigenvalue weighted by atomic mass is 10.1. The molecular formula is C28H24BrN7O4S. The number of aromatic nitrogens is 5. The fourth-order valence-corrected chi connectivity index (χ4v) is 7.48. The molecule has 1 aliphatic heterocycles. The second-order valence-electron chi connectivity index (χ2n) is 10.2. The summed E-state index contributed by atoms with van der Waals surface area (Å²) in [7, 11) is -3.91. The monoisotopic (exact) mass is 633 g/mol. The molecule has 2 aliphatic rings. The second kappa shape index (κ2) is 9.77. The molecule has 0 spiro atoms. The zero-order valence-corrected chi connectivity index (χ0v) is 24.1. The first-order valence-corrected chi connectivity index (χ1v) is 15.4.